The number of ketones is 1. The molecule has 0 atom stereocenters. The largest absolute Gasteiger partial charge is 0.496 e. The highest BCUT2D eigenvalue weighted by Crippen LogP contribution is 2.24. The summed E-state index contributed by atoms with van der Waals surface area (Å²) in [4.78, 5) is 23.7. The van der Waals surface area contributed by atoms with E-state index in [1.165, 1.54) is 18.3 Å². The molecule has 1 aromatic heterocycles. The maximum Gasteiger partial charge on any atom is 0.221 e. The number of anilines is 1. The number of rotatable bonds is 4. The second kappa shape index (κ2) is 5.67. The van der Waals surface area contributed by atoms with E-state index in [-0.39, 0.29) is 11.7 Å². The quantitative estimate of drug-likeness (QED) is 0.873. The van der Waals surface area contributed by atoms with E-state index in [0.717, 1.165) is 0 Å². The number of carbonyl (C=O) groups is 2. The topological polar surface area (TPSA) is 55.4 Å². The van der Waals surface area contributed by atoms with Gasteiger partial charge in [0.2, 0.25) is 11.7 Å². The van der Waals surface area contributed by atoms with E-state index >= 15 is 0 Å². The lowest BCUT2D eigenvalue weighted by molar-refractivity contribution is -0.114. The second-order valence-corrected chi connectivity index (χ2v) is 4.85. The molecule has 0 aliphatic carbocycles. The molecule has 4 nitrogen and oxygen atoms in total. The van der Waals surface area contributed by atoms with Crippen LogP contribution in [-0.2, 0) is 4.79 Å². The van der Waals surface area contributed by atoms with E-state index in [1.54, 1.807) is 42.8 Å². The van der Waals surface area contributed by atoms with Crippen LogP contribution in [-0.4, -0.2) is 18.8 Å². The number of hydrogen-bond donors (Lipinski definition) is 1. The monoisotopic (exact) mass is 275 g/mol. The Bertz CT molecular complexity index is 601. The first-order valence-electron chi connectivity index (χ1n) is 5.65. The van der Waals surface area contributed by atoms with Crippen LogP contribution in [0, 0.1) is 0 Å². The molecule has 2 rings (SSSR count). The van der Waals surface area contributed by atoms with Crippen LogP contribution in [0.3, 0.4) is 0 Å². The van der Waals surface area contributed by atoms with Crippen LogP contribution in [0.15, 0.2) is 35.7 Å². The Morgan fingerprint density at radius 3 is 2.42 bits per heavy atom. The molecule has 0 spiro atoms. The maximum atomic E-state index is 12.2. The fourth-order valence-electron chi connectivity index (χ4n) is 1.60. The van der Waals surface area contributed by atoms with E-state index < -0.39 is 0 Å². The minimum absolute atomic E-state index is 0.0531. The number of amides is 1. The van der Waals surface area contributed by atoms with Gasteiger partial charge in [-0.3, -0.25) is 9.59 Å². The van der Waals surface area contributed by atoms with Crippen molar-refractivity contribution in [3.8, 4) is 5.75 Å². The summed E-state index contributed by atoms with van der Waals surface area (Å²) in [6.45, 7) is 1.44. The highest BCUT2D eigenvalue weighted by molar-refractivity contribution is 7.12. The van der Waals surface area contributed by atoms with Gasteiger partial charge in [0.05, 0.1) is 12.0 Å². The lowest BCUT2D eigenvalue weighted by Gasteiger charge is -2.03. The molecule has 0 fully saturated rings. The molecule has 0 radical (unpaired) electrons. The Morgan fingerprint density at radius 1 is 1.21 bits per heavy atom. The van der Waals surface area contributed by atoms with Crippen LogP contribution < -0.4 is 10.1 Å². The zero-order chi connectivity index (χ0) is 13.8. The zero-order valence-corrected chi connectivity index (χ0v) is 11.4. The molecule has 1 N–H and O–H groups in total. The molecule has 1 heterocycles. The van der Waals surface area contributed by atoms with Gasteiger partial charge in [0, 0.05) is 29.6 Å². The second-order valence-electron chi connectivity index (χ2n) is 3.94. The summed E-state index contributed by atoms with van der Waals surface area (Å²) in [5.74, 6) is 0.493. The molecule has 0 unspecified atom stereocenters. The van der Waals surface area contributed by atoms with Gasteiger partial charge in [-0.05, 0) is 24.3 Å². The predicted molar refractivity (Wildman–Crippen MR) is 75.0 cm³/mol. The molecule has 5 heteroatoms. The van der Waals surface area contributed by atoms with Gasteiger partial charge >= 0.3 is 0 Å². The average molecular weight is 275 g/mol. The molecule has 0 saturated carbocycles. The Morgan fingerprint density at radius 2 is 1.89 bits per heavy atom. The van der Waals surface area contributed by atoms with Crippen LogP contribution in [0.1, 0.15) is 22.2 Å². The third kappa shape index (κ3) is 3.20. The van der Waals surface area contributed by atoms with Crippen molar-refractivity contribution in [2.75, 3.05) is 12.4 Å². The fourth-order valence-corrected chi connectivity index (χ4v) is 2.41. The average Bonchev–Trinajstić information content (AvgIpc) is 2.87. The Hall–Kier alpha value is -2.14. The number of benzene rings is 1. The molecule has 0 bridgehead atoms. The van der Waals surface area contributed by atoms with E-state index in [1.807, 2.05) is 0 Å². The van der Waals surface area contributed by atoms with Gasteiger partial charge in [0.1, 0.15) is 5.75 Å². The number of methoxy groups -OCH3 is 1. The Balaban J connectivity index is 2.17. The molecular formula is C14H13NO3S. The van der Waals surface area contributed by atoms with Gasteiger partial charge in [-0.25, -0.2) is 0 Å². The summed E-state index contributed by atoms with van der Waals surface area (Å²) in [6, 6.07) is 8.52. The standard InChI is InChI=1S/C14H13NO3S/c1-9(16)15-11-5-3-10(4-6-11)14(17)13-7-12(18-2)8-19-13/h3-8H,1-2H3,(H,15,16). The number of carbonyl (C=O) groups excluding carboxylic acids is 2. The summed E-state index contributed by atoms with van der Waals surface area (Å²) in [7, 11) is 1.57. The van der Waals surface area contributed by atoms with Crippen LogP contribution in [0.2, 0.25) is 0 Å². The molecule has 19 heavy (non-hydrogen) atoms. The summed E-state index contributed by atoms with van der Waals surface area (Å²) < 4.78 is 5.05. The van der Waals surface area contributed by atoms with Crippen molar-refractivity contribution in [3.05, 3.63) is 46.2 Å². The van der Waals surface area contributed by atoms with Gasteiger partial charge in [0.25, 0.3) is 0 Å². The van der Waals surface area contributed by atoms with Gasteiger partial charge < -0.3 is 10.1 Å². The Kier molecular flexibility index (Phi) is 3.97. The van der Waals surface area contributed by atoms with E-state index in [4.69, 9.17) is 4.74 Å². The third-order valence-corrected chi connectivity index (χ3v) is 3.41. The van der Waals surface area contributed by atoms with Crippen molar-refractivity contribution >= 4 is 28.7 Å². The van der Waals surface area contributed by atoms with Crippen molar-refractivity contribution in [2.24, 2.45) is 0 Å². The molecule has 2 aromatic rings. The van der Waals surface area contributed by atoms with E-state index in [9.17, 15) is 9.59 Å². The summed E-state index contributed by atoms with van der Waals surface area (Å²) in [5, 5.41) is 4.45. The highest BCUT2D eigenvalue weighted by Gasteiger charge is 2.12. The minimum atomic E-state index is -0.137. The van der Waals surface area contributed by atoms with Crippen molar-refractivity contribution < 1.29 is 14.3 Å². The normalized spacial score (nSPS) is 10.0. The third-order valence-electron chi connectivity index (χ3n) is 2.50. The number of thiophene rings is 1. The minimum Gasteiger partial charge on any atom is -0.496 e. The smallest absolute Gasteiger partial charge is 0.221 e. The summed E-state index contributed by atoms with van der Waals surface area (Å²) >= 11 is 1.35. The van der Waals surface area contributed by atoms with E-state index in [2.05, 4.69) is 5.32 Å². The zero-order valence-electron chi connectivity index (χ0n) is 10.6. The molecular weight excluding hydrogens is 262 g/mol. The fraction of sp³-hybridized carbons (Fsp3) is 0.143. The molecule has 98 valence electrons. The van der Waals surface area contributed by atoms with Crippen molar-refractivity contribution in [1.82, 2.24) is 0 Å². The highest BCUT2D eigenvalue weighted by atomic mass is 32.1. The van der Waals surface area contributed by atoms with Crippen molar-refractivity contribution in [1.29, 1.82) is 0 Å². The van der Waals surface area contributed by atoms with Crippen molar-refractivity contribution in [3.63, 3.8) is 0 Å². The SMILES string of the molecule is COc1csc(C(=O)c2ccc(NC(C)=O)cc2)c1. The lowest BCUT2D eigenvalue weighted by atomic mass is 10.1. The molecule has 0 aliphatic rings. The number of hydrogen-bond acceptors (Lipinski definition) is 4. The van der Waals surface area contributed by atoms with Gasteiger partial charge in [-0.2, -0.15) is 0 Å². The molecule has 0 aliphatic heterocycles. The first-order chi connectivity index (χ1) is 9.10. The maximum absolute atomic E-state index is 12.2. The molecule has 1 aromatic carbocycles. The van der Waals surface area contributed by atoms with E-state index in [0.29, 0.717) is 21.9 Å². The lowest BCUT2D eigenvalue weighted by Crippen LogP contribution is -2.06. The number of ether oxygens (including phenoxy) is 1. The molecule has 0 saturated heterocycles. The van der Waals surface area contributed by atoms with Crippen LogP contribution >= 0.6 is 11.3 Å². The molecule has 1 amide bonds. The van der Waals surface area contributed by atoms with Crippen LogP contribution in [0.25, 0.3) is 0 Å². The first-order valence-corrected chi connectivity index (χ1v) is 6.53. The van der Waals surface area contributed by atoms with Crippen LogP contribution in [0.5, 0.6) is 5.75 Å². The Labute approximate surface area is 115 Å². The summed E-state index contributed by atoms with van der Waals surface area (Å²) in [6.07, 6.45) is 0. The predicted octanol–water partition coefficient (Wildman–Crippen LogP) is 2.95. The summed E-state index contributed by atoms with van der Waals surface area (Å²) in [5.41, 5.74) is 1.26. The van der Waals surface area contributed by atoms with Crippen molar-refractivity contribution in [2.45, 2.75) is 6.92 Å². The van der Waals surface area contributed by atoms with Crippen LogP contribution in [0.4, 0.5) is 5.69 Å². The van der Waals surface area contributed by atoms with Gasteiger partial charge in [-0.1, -0.05) is 0 Å². The van der Waals surface area contributed by atoms with Gasteiger partial charge in [0.15, 0.2) is 0 Å². The first kappa shape index (κ1) is 13.3. The van der Waals surface area contributed by atoms with Gasteiger partial charge in [-0.15, -0.1) is 11.3 Å². The number of nitrogens with one attached hydrogen (secondary N) is 1.